The first-order valence-corrected chi connectivity index (χ1v) is 7.48. The van der Waals surface area contributed by atoms with Crippen molar-refractivity contribution in [3.8, 4) is 0 Å². The summed E-state index contributed by atoms with van der Waals surface area (Å²) in [5, 5.41) is 0. The fourth-order valence-corrected chi connectivity index (χ4v) is 3.10. The monoisotopic (exact) mass is 312 g/mol. The van der Waals surface area contributed by atoms with Crippen LogP contribution in [0.1, 0.15) is 12.8 Å². The highest BCUT2D eigenvalue weighted by Gasteiger charge is 2.42. The van der Waals surface area contributed by atoms with E-state index in [9.17, 15) is 0 Å². The van der Waals surface area contributed by atoms with Crippen LogP contribution in [0.5, 0.6) is 0 Å². The standard InChI is InChI=1S/C11H13BrN4S/c1-17-11(2-3-11)6-16-9-8(15-10(16)13)4-7(12)5-14-9/h4-5H,2-3,6H2,1H3,(H2,13,15). The number of nitrogens with zero attached hydrogens (tertiary/aromatic N) is 3. The molecule has 2 aromatic rings. The van der Waals surface area contributed by atoms with Gasteiger partial charge >= 0.3 is 0 Å². The minimum atomic E-state index is 0.358. The summed E-state index contributed by atoms with van der Waals surface area (Å²) in [5.41, 5.74) is 7.72. The zero-order chi connectivity index (χ0) is 12.0. The molecule has 0 spiro atoms. The smallest absolute Gasteiger partial charge is 0.202 e. The van der Waals surface area contributed by atoms with Crippen LogP contribution in [-0.2, 0) is 6.54 Å². The van der Waals surface area contributed by atoms with Gasteiger partial charge in [-0.15, -0.1) is 0 Å². The summed E-state index contributed by atoms with van der Waals surface area (Å²) < 4.78 is 3.32. The SMILES string of the molecule is CSC1(Cn2c(N)nc3cc(Br)cnc32)CC1. The van der Waals surface area contributed by atoms with E-state index < -0.39 is 0 Å². The molecule has 1 aliphatic carbocycles. The van der Waals surface area contributed by atoms with Crippen LogP contribution in [0, 0.1) is 0 Å². The van der Waals surface area contributed by atoms with Gasteiger partial charge in [-0.25, -0.2) is 9.97 Å². The Morgan fingerprint density at radius 2 is 2.35 bits per heavy atom. The molecule has 1 fully saturated rings. The van der Waals surface area contributed by atoms with Crippen LogP contribution in [0.15, 0.2) is 16.7 Å². The molecule has 4 nitrogen and oxygen atoms in total. The van der Waals surface area contributed by atoms with Gasteiger partial charge in [0.15, 0.2) is 5.65 Å². The normalized spacial score (nSPS) is 17.5. The maximum Gasteiger partial charge on any atom is 0.202 e. The lowest BCUT2D eigenvalue weighted by Gasteiger charge is -2.13. The highest BCUT2D eigenvalue weighted by Crippen LogP contribution is 2.49. The van der Waals surface area contributed by atoms with Crippen LogP contribution in [0.2, 0.25) is 0 Å². The highest BCUT2D eigenvalue weighted by molar-refractivity contribution is 9.10. The van der Waals surface area contributed by atoms with Crippen molar-refractivity contribution in [2.45, 2.75) is 24.1 Å². The summed E-state index contributed by atoms with van der Waals surface area (Å²) in [5.74, 6) is 0.561. The minimum Gasteiger partial charge on any atom is -0.369 e. The molecule has 0 saturated heterocycles. The number of fused-ring (bicyclic) bond motifs is 1. The van der Waals surface area contributed by atoms with Gasteiger partial charge in [0, 0.05) is 22.0 Å². The Bertz CT molecular complexity index is 576. The van der Waals surface area contributed by atoms with Crippen molar-refractivity contribution in [3.63, 3.8) is 0 Å². The third-order valence-corrected chi connectivity index (χ3v) is 5.11. The average molecular weight is 313 g/mol. The number of hydrogen-bond acceptors (Lipinski definition) is 4. The molecule has 2 aromatic heterocycles. The lowest BCUT2D eigenvalue weighted by molar-refractivity contribution is 0.682. The zero-order valence-corrected chi connectivity index (χ0v) is 11.9. The van der Waals surface area contributed by atoms with Crippen LogP contribution in [0.4, 0.5) is 5.95 Å². The summed E-state index contributed by atoms with van der Waals surface area (Å²) in [4.78, 5) is 8.77. The van der Waals surface area contributed by atoms with E-state index in [4.69, 9.17) is 5.73 Å². The van der Waals surface area contributed by atoms with E-state index in [1.807, 2.05) is 22.4 Å². The number of nitrogen functional groups attached to an aromatic ring is 1. The van der Waals surface area contributed by atoms with Crippen LogP contribution in [-0.4, -0.2) is 25.5 Å². The number of aromatic nitrogens is 3. The molecule has 1 saturated carbocycles. The van der Waals surface area contributed by atoms with E-state index in [1.165, 1.54) is 12.8 Å². The first kappa shape index (κ1) is 11.3. The van der Waals surface area contributed by atoms with Gasteiger partial charge in [-0.05, 0) is 41.1 Å². The van der Waals surface area contributed by atoms with Gasteiger partial charge in [0.2, 0.25) is 5.95 Å². The van der Waals surface area contributed by atoms with Crippen LogP contribution in [0.25, 0.3) is 11.2 Å². The topological polar surface area (TPSA) is 56.7 Å². The molecule has 0 bridgehead atoms. The number of nitrogens with two attached hydrogens (primary N) is 1. The first-order valence-electron chi connectivity index (χ1n) is 5.46. The Kier molecular flexibility index (Phi) is 2.59. The molecule has 0 atom stereocenters. The second-order valence-electron chi connectivity index (χ2n) is 4.44. The number of imidazole rings is 1. The summed E-state index contributed by atoms with van der Waals surface area (Å²) in [6.45, 7) is 0.908. The zero-order valence-electron chi connectivity index (χ0n) is 9.48. The maximum absolute atomic E-state index is 5.98. The second-order valence-corrected chi connectivity index (χ2v) is 6.63. The molecule has 6 heteroatoms. The molecule has 2 heterocycles. The summed E-state index contributed by atoms with van der Waals surface area (Å²) >= 11 is 5.31. The Balaban J connectivity index is 2.06. The number of anilines is 1. The molecular formula is C11H13BrN4S. The van der Waals surface area contributed by atoms with Gasteiger partial charge < -0.3 is 5.73 Å². The first-order chi connectivity index (χ1) is 8.13. The number of halogens is 1. The second kappa shape index (κ2) is 3.88. The molecule has 2 N–H and O–H groups in total. The molecule has 0 radical (unpaired) electrons. The Morgan fingerprint density at radius 3 is 3.00 bits per heavy atom. The van der Waals surface area contributed by atoms with E-state index in [1.54, 1.807) is 6.20 Å². The maximum atomic E-state index is 5.98. The summed E-state index contributed by atoms with van der Waals surface area (Å²) in [6, 6.07) is 1.95. The molecule has 90 valence electrons. The van der Waals surface area contributed by atoms with Gasteiger partial charge in [-0.3, -0.25) is 4.57 Å². The molecule has 0 unspecified atom stereocenters. The lowest BCUT2D eigenvalue weighted by Crippen LogP contribution is -2.15. The Labute approximate surface area is 112 Å². The van der Waals surface area contributed by atoms with Crippen molar-refractivity contribution in [3.05, 3.63) is 16.7 Å². The Morgan fingerprint density at radius 1 is 1.59 bits per heavy atom. The molecule has 0 amide bonds. The van der Waals surface area contributed by atoms with Crippen molar-refractivity contribution in [1.29, 1.82) is 0 Å². The number of pyridine rings is 1. The largest absolute Gasteiger partial charge is 0.369 e. The van der Waals surface area contributed by atoms with E-state index in [0.717, 1.165) is 22.2 Å². The van der Waals surface area contributed by atoms with Gasteiger partial charge in [-0.1, -0.05) is 0 Å². The van der Waals surface area contributed by atoms with Gasteiger partial charge in [-0.2, -0.15) is 11.8 Å². The van der Waals surface area contributed by atoms with Gasteiger partial charge in [0.25, 0.3) is 0 Å². The van der Waals surface area contributed by atoms with Crippen molar-refractivity contribution < 1.29 is 0 Å². The fourth-order valence-electron chi connectivity index (χ4n) is 2.01. The molecule has 0 aromatic carbocycles. The van der Waals surface area contributed by atoms with Crippen LogP contribution >= 0.6 is 27.7 Å². The van der Waals surface area contributed by atoms with Gasteiger partial charge in [0.05, 0.1) is 0 Å². The third kappa shape index (κ3) is 1.93. The van der Waals surface area contributed by atoms with Crippen LogP contribution < -0.4 is 5.73 Å². The molecule has 3 rings (SSSR count). The highest BCUT2D eigenvalue weighted by atomic mass is 79.9. The molecule has 17 heavy (non-hydrogen) atoms. The van der Waals surface area contributed by atoms with E-state index in [2.05, 4.69) is 32.2 Å². The van der Waals surface area contributed by atoms with Crippen molar-refractivity contribution in [2.24, 2.45) is 0 Å². The predicted molar refractivity (Wildman–Crippen MR) is 75.1 cm³/mol. The number of thioether (sulfide) groups is 1. The molecule has 0 aliphatic heterocycles. The van der Waals surface area contributed by atoms with E-state index >= 15 is 0 Å². The Hall–Kier alpha value is -0.750. The number of hydrogen-bond donors (Lipinski definition) is 1. The van der Waals surface area contributed by atoms with E-state index in [0.29, 0.717) is 10.7 Å². The summed E-state index contributed by atoms with van der Waals surface area (Å²) in [6.07, 6.45) is 6.46. The van der Waals surface area contributed by atoms with Crippen molar-refractivity contribution in [2.75, 3.05) is 12.0 Å². The minimum absolute atomic E-state index is 0.358. The average Bonchev–Trinajstić information content (AvgIpc) is 3.01. The van der Waals surface area contributed by atoms with E-state index in [-0.39, 0.29) is 0 Å². The van der Waals surface area contributed by atoms with Crippen LogP contribution in [0.3, 0.4) is 0 Å². The quantitative estimate of drug-likeness (QED) is 0.946. The summed E-state index contributed by atoms with van der Waals surface area (Å²) in [7, 11) is 0. The lowest BCUT2D eigenvalue weighted by atomic mass is 10.4. The molecular weight excluding hydrogens is 300 g/mol. The number of rotatable bonds is 3. The fraction of sp³-hybridized carbons (Fsp3) is 0.455. The predicted octanol–water partition coefficient (Wildman–Crippen LogP) is 2.67. The third-order valence-electron chi connectivity index (χ3n) is 3.27. The van der Waals surface area contributed by atoms with Crippen molar-refractivity contribution >= 4 is 44.8 Å². The molecule has 1 aliphatic rings. The van der Waals surface area contributed by atoms with Gasteiger partial charge in [0.1, 0.15) is 5.52 Å². The van der Waals surface area contributed by atoms with Crippen molar-refractivity contribution in [1.82, 2.24) is 14.5 Å².